The molecule has 24 heavy (non-hydrogen) atoms. The van der Waals surface area contributed by atoms with Crippen LogP contribution in [0.25, 0.3) is 10.4 Å². The van der Waals surface area contributed by atoms with Gasteiger partial charge in [0, 0.05) is 17.0 Å². The third-order valence-electron chi connectivity index (χ3n) is 4.68. The molecule has 0 spiro atoms. The minimum atomic E-state index is -0.852. The van der Waals surface area contributed by atoms with Crippen LogP contribution < -0.4 is 5.32 Å². The van der Waals surface area contributed by atoms with E-state index < -0.39 is 5.97 Å². The first-order valence-corrected chi connectivity index (χ1v) is 9.33. The number of thiophene rings is 1. The second kappa shape index (κ2) is 6.51. The number of carboxylic acid groups (broad SMARTS) is 1. The van der Waals surface area contributed by atoms with Crippen LogP contribution in [0.3, 0.4) is 0 Å². The summed E-state index contributed by atoms with van der Waals surface area (Å²) in [5.74, 6) is -0.852. The average molecular weight is 364 g/mol. The van der Waals surface area contributed by atoms with Gasteiger partial charge in [0.2, 0.25) is 0 Å². The molecular weight excluding hydrogens is 342 g/mol. The molecule has 3 rings (SSSR count). The Hall–Kier alpha value is -1.36. The number of hydrogen-bond acceptors (Lipinski definition) is 3. The van der Waals surface area contributed by atoms with E-state index in [4.69, 9.17) is 11.6 Å². The highest BCUT2D eigenvalue weighted by atomic mass is 35.5. The minimum Gasteiger partial charge on any atom is -0.478 e. The minimum absolute atomic E-state index is 0.146. The highest BCUT2D eigenvalue weighted by molar-refractivity contribution is 7.16. The smallest absolute Gasteiger partial charge is 0.337 e. The second-order valence-corrected chi connectivity index (χ2v) is 8.65. The predicted octanol–water partition coefficient (Wildman–Crippen LogP) is 5.00. The van der Waals surface area contributed by atoms with E-state index in [-0.39, 0.29) is 5.41 Å². The van der Waals surface area contributed by atoms with E-state index in [1.807, 2.05) is 25.2 Å². The Morgan fingerprint density at radius 1 is 1.42 bits per heavy atom. The van der Waals surface area contributed by atoms with Gasteiger partial charge in [-0.15, -0.1) is 11.3 Å². The number of fused-ring (bicyclic) bond motifs is 1. The summed E-state index contributed by atoms with van der Waals surface area (Å²) in [4.78, 5) is 14.0. The molecule has 0 saturated carbocycles. The highest BCUT2D eigenvalue weighted by Gasteiger charge is 2.33. The molecule has 0 amide bonds. The summed E-state index contributed by atoms with van der Waals surface area (Å²) in [5, 5.41) is 13.6. The Labute approximate surface area is 151 Å². The van der Waals surface area contributed by atoms with Crippen molar-refractivity contribution >= 4 is 28.9 Å². The average Bonchev–Trinajstić information content (AvgIpc) is 2.86. The lowest BCUT2D eigenvalue weighted by Crippen LogP contribution is -2.22. The SMILES string of the molecule is CNCc1cccc(-c2sc3c(c2C(=O)O)CC(C)(C)CC3)c1Cl. The van der Waals surface area contributed by atoms with Gasteiger partial charge in [-0.2, -0.15) is 0 Å². The van der Waals surface area contributed by atoms with Crippen LogP contribution in [-0.2, 0) is 19.4 Å². The van der Waals surface area contributed by atoms with Crippen LogP contribution in [-0.4, -0.2) is 18.1 Å². The van der Waals surface area contributed by atoms with Crippen LogP contribution in [0.15, 0.2) is 18.2 Å². The first-order valence-electron chi connectivity index (χ1n) is 8.14. The fourth-order valence-electron chi connectivity index (χ4n) is 3.42. The molecule has 0 aliphatic heterocycles. The van der Waals surface area contributed by atoms with Gasteiger partial charge in [0.15, 0.2) is 0 Å². The second-order valence-electron chi connectivity index (χ2n) is 7.16. The van der Waals surface area contributed by atoms with E-state index in [2.05, 4.69) is 19.2 Å². The number of nitrogens with one attached hydrogen (secondary N) is 1. The lowest BCUT2D eigenvalue weighted by atomic mass is 9.76. The van der Waals surface area contributed by atoms with E-state index in [1.54, 1.807) is 11.3 Å². The first kappa shape index (κ1) is 17.5. The summed E-state index contributed by atoms with van der Waals surface area (Å²) >= 11 is 8.19. The molecule has 1 aromatic carbocycles. The van der Waals surface area contributed by atoms with Gasteiger partial charge < -0.3 is 10.4 Å². The molecule has 2 N–H and O–H groups in total. The van der Waals surface area contributed by atoms with Crippen molar-refractivity contribution in [1.29, 1.82) is 0 Å². The van der Waals surface area contributed by atoms with E-state index >= 15 is 0 Å². The van der Waals surface area contributed by atoms with Gasteiger partial charge in [0.05, 0.1) is 15.5 Å². The topological polar surface area (TPSA) is 49.3 Å². The zero-order valence-electron chi connectivity index (χ0n) is 14.2. The van der Waals surface area contributed by atoms with Crippen LogP contribution in [0.2, 0.25) is 5.02 Å². The Kier molecular flexibility index (Phi) is 4.73. The zero-order valence-corrected chi connectivity index (χ0v) is 15.8. The molecule has 1 heterocycles. The van der Waals surface area contributed by atoms with E-state index in [0.29, 0.717) is 17.1 Å². The molecule has 1 aromatic heterocycles. The Bertz CT molecular complexity index is 795. The molecule has 0 bridgehead atoms. The van der Waals surface area contributed by atoms with Crippen LogP contribution in [0.4, 0.5) is 0 Å². The summed E-state index contributed by atoms with van der Waals surface area (Å²) in [6, 6.07) is 5.85. The van der Waals surface area contributed by atoms with E-state index in [1.165, 1.54) is 4.88 Å². The maximum Gasteiger partial charge on any atom is 0.337 e. The van der Waals surface area contributed by atoms with Crippen LogP contribution >= 0.6 is 22.9 Å². The Morgan fingerprint density at radius 2 is 2.17 bits per heavy atom. The first-order chi connectivity index (χ1) is 11.3. The van der Waals surface area contributed by atoms with Crippen LogP contribution in [0.1, 0.15) is 46.6 Å². The molecule has 1 aliphatic rings. The van der Waals surface area contributed by atoms with Crippen molar-refractivity contribution in [2.24, 2.45) is 5.41 Å². The highest BCUT2D eigenvalue weighted by Crippen LogP contribution is 2.46. The van der Waals surface area contributed by atoms with Crippen LogP contribution in [0, 0.1) is 5.41 Å². The van der Waals surface area contributed by atoms with Gasteiger partial charge in [-0.25, -0.2) is 4.79 Å². The fraction of sp³-hybridized carbons (Fsp3) is 0.421. The summed E-state index contributed by atoms with van der Waals surface area (Å²) in [7, 11) is 1.87. The van der Waals surface area contributed by atoms with Crippen molar-refractivity contribution in [2.45, 2.75) is 39.7 Å². The van der Waals surface area contributed by atoms with Crippen molar-refractivity contribution in [3.8, 4) is 10.4 Å². The molecule has 5 heteroatoms. The summed E-state index contributed by atoms with van der Waals surface area (Å²) in [6.07, 6.45) is 2.85. The summed E-state index contributed by atoms with van der Waals surface area (Å²) in [5.41, 5.74) is 3.42. The van der Waals surface area contributed by atoms with E-state index in [9.17, 15) is 9.90 Å². The molecule has 128 valence electrons. The largest absolute Gasteiger partial charge is 0.478 e. The van der Waals surface area contributed by atoms with Gasteiger partial charge in [-0.3, -0.25) is 0 Å². The molecule has 0 fully saturated rings. The molecule has 0 unspecified atom stereocenters. The molecule has 3 nitrogen and oxygen atoms in total. The number of hydrogen-bond donors (Lipinski definition) is 2. The number of carboxylic acids is 1. The van der Waals surface area contributed by atoms with Crippen LogP contribution in [0.5, 0.6) is 0 Å². The normalized spacial score (nSPS) is 16.0. The maximum atomic E-state index is 12.0. The van der Waals surface area contributed by atoms with Gasteiger partial charge >= 0.3 is 5.97 Å². The molecular formula is C19H22ClNO2S. The molecule has 0 atom stereocenters. The standard InChI is InChI=1S/C19H22ClNO2S/c1-19(2)8-7-14-13(9-19)15(18(22)23)17(24-14)12-6-4-5-11(10-21-3)16(12)20/h4-6,21H,7-10H2,1-3H3,(H,22,23). The number of benzene rings is 1. The van der Waals surface area contributed by atoms with Gasteiger partial charge in [-0.05, 0) is 42.9 Å². The lowest BCUT2D eigenvalue weighted by Gasteiger charge is -2.29. The predicted molar refractivity (Wildman–Crippen MR) is 100 cm³/mol. The summed E-state index contributed by atoms with van der Waals surface area (Å²) < 4.78 is 0. The Morgan fingerprint density at radius 3 is 2.83 bits per heavy atom. The molecule has 2 aromatic rings. The quantitative estimate of drug-likeness (QED) is 0.803. The summed E-state index contributed by atoms with van der Waals surface area (Å²) in [6.45, 7) is 5.08. The monoisotopic (exact) mass is 363 g/mol. The number of halogens is 1. The third-order valence-corrected chi connectivity index (χ3v) is 6.45. The third kappa shape index (κ3) is 3.10. The Balaban J connectivity index is 2.18. The fourth-order valence-corrected chi connectivity index (χ4v) is 5.10. The lowest BCUT2D eigenvalue weighted by molar-refractivity contribution is 0.0696. The molecule has 1 aliphatic carbocycles. The van der Waals surface area contributed by atoms with Gasteiger partial charge in [-0.1, -0.05) is 43.6 Å². The molecule has 0 radical (unpaired) electrons. The van der Waals surface area contributed by atoms with Crippen molar-refractivity contribution in [2.75, 3.05) is 7.05 Å². The van der Waals surface area contributed by atoms with Gasteiger partial charge in [0.1, 0.15) is 0 Å². The zero-order chi connectivity index (χ0) is 17.5. The van der Waals surface area contributed by atoms with Crippen molar-refractivity contribution < 1.29 is 9.90 Å². The number of carbonyl (C=O) groups is 1. The van der Waals surface area contributed by atoms with Crippen molar-refractivity contribution in [3.05, 3.63) is 44.8 Å². The number of aromatic carboxylic acids is 1. The van der Waals surface area contributed by atoms with Crippen molar-refractivity contribution in [1.82, 2.24) is 5.32 Å². The number of aryl methyl sites for hydroxylation is 1. The van der Waals surface area contributed by atoms with Gasteiger partial charge in [0.25, 0.3) is 0 Å². The maximum absolute atomic E-state index is 12.0. The van der Waals surface area contributed by atoms with E-state index in [0.717, 1.165) is 40.8 Å². The van der Waals surface area contributed by atoms with Crippen molar-refractivity contribution in [3.63, 3.8) is 0 Å². The number of rotatable bonds is 4. The molecule has 0 saturated heterocycles.